The molecule has 9 heteroatoms. The summed E-state index contributed by atoms with van der Waals surface area (Å²) in [5.41, 5.74) is -0.389. The number of carbonyl (C=O) groups is 1. The first kappa shape index (κ1) is 15.4. The summed E-state index contributed by atoms with van der Waals surface area (Å²) in [6.07, 6.45) is -0.394. The Morgan fingerprint density at radius 2 is 1.96 bits per heavy atom. The molecule has 2 N–H and O–H groups in total. The third-order valence-corrected chi connectivity index (χ3v) is 3.39. The van der Waals surface area contributed by atoms with Gasteiger partial charge in [-0.1, -0.05) is 30.3 Å². The van der Waals surface area contributed by atoms with Crippen LogP contribution in [-0.4, -0.2) is 32.4 Å². The molecular weight excluding hydrogens is 314 g/mol. The lowest BCUT2D eigenvalue weighted by Crippen LogP contribution is -2.38. The van der Waals surface area contributed by atoms with Crippen LogP contribution in [0.15, 0.2) is 46.0 Å². The van der Waals surface area contributed by atoms with Gasteiger partial charge in [0.1, 0.15) is 5.69 Å². The lowest BCUT2D eigenvalue weighted by Gasteiger charge is -2.08. The number of esters is 1. The van der Waals surface area contributed by atoms with E-state index in [0.29, 0.717) is 15.9 Å². The molecule has 0 bridgehead atoms. The van der Waals surface area contributed by atoms with E-state index in [1.54, 1.807) is 24.3 Å². The molecule has 0 fully saturated rings. The van der Waals surface area contributed by atoms with Gasteiger partial charge in [0.25, 0.3) is 16.9 Å². The Morgan fingerprint density at radius 3 is 2.62 bits per heavy atom. The quantitative estimate of drug-likeness (QED) is 0.501. The zero-order valence-corrected chi connectivity index (χ0v) is 12.7. The van der Waals surface area contributed by atoms with Gasteiger partial charge in [-0.25, -0.2) is 4.98 Å². The van der Waals surface area contributed by atoms with Crippen LogP contribution in [-0.2, 0) is 16.0 Å². The van der Waals surface area contributed by atoms with Crippen molar-refractivity contribution < 1.29 is 9.53 Å². The maximum atomic E-state index is 12.3. The first-order valence-corrected chi connectivity index (χ1v) is 6.94. The number of nitrogens with two attached hydrogens (primary N) is 1. The van der Waals surface area contributed by atoms with Crippen molar-refractivity contribution in [3.63, 3.8) is 0 Å². The van der Waals surface area contributed by atoms with Gasteiger partial charge >= 0.3 is 5.97 Å². The summed E-state index contributed by atoms with van der Waals surface area (Å²) in [6, 6.07) is 10.3. The fourth-order valence-electron chi connectivity index (χ4n) is 2.18. The van der Waals surface area contributed by atoms with Gasteiger partial charge in [-0.05, 0) is 0 Å². The van der Waals surface area contributed by atoms with Gasteiger partial charge < -0.3 is 10.6 Å². The molecule has 24 heavy (non-hydrogen) atoms. The van der Waals surface area contributed by atoms with E-state index in [1.807, 2.05) is 6.07 Å². The molecule has 0 saturated heterocycles. The standard InChI is InChI=1S/C15H13N5O4/c1-24-13(22)8-11-14(23)19(16)15-17-10(7-12(21)20(15)18-11)9-5-3-2-4-6-9/h2-7H,8,16H2,1H3. The predicted octanol–water partition coefficient (Wildman–Crippen LogP) is -0.652. The van der Waals surface area contributed by atoms with Crippen LogP contribution < -0.4 is 17.0 Å². The van der Waals surface area contributed by atoms with Crippen molar-refractivity contribution in [1.29, 1.82) is 0 Å². The van der Waals surface area contributed by atoms with E-state index in [9.17, 15) is 14.4 Å². The summed E-state index contributed by atoms with van der Waals surface area (Å²) < 4.78 is 6.07. The van der Waals surface area contributed by atoms with E-state index in [-0.39, 0.29) is 11.5 Å². The Labute approximate surface area is 134 Å². The van der Waals surface area contributed by atoms with Crippen molar-refractivity contribution in [2.24, 2.45) is 0 Å². The van der Waals surface area contributed by atoms with Gasteiger partial charge in [0.15, 0.2) is 0 Å². The molecule has 0 aliphatic heterocycles. The molecule has 0 radical (unpaired) electrons. The highest BCUT2D eigenvalue weighted by molar-refractivity contribution is 5.71. The fourth-order valence-corrected chi connectivity index (χ4v) is 2.18. The van der Waals surface area contributed by atoms with E-state index >= 15 is 0 Å². The van der Waals surface area contributed by atoms with Crippen LogP contribution in [0.4, 0.5) is 0 Å². The molecule has 0 saturated carbocycles. The van der Waals surface area contributed by atoms with Crippen LogP contribution in [0.2, 0.25) is 0 Å². The predicted molar refractivity (Wildman–Crippen MR) is 84.8 cm³/mol. The topological polar surface area (TPSA) is 122 Å². The second kappa shape index (κ2) is 5.95. The van der Waals surface area contributed by atoms with Crippen molar-refractivity contribution in [3.8, 4) is 11.3 Å². The highest BCUT2D eigenvalue weighted by Gasteiger charge is 2.16. The van der Waals surface area contributed by atoms with Crippen LogP contribution in [0.25, 0.3) is 17.0 Å². The Bertz CT molecular complexity index is 1040. The first-order valence-electron chi connectivity index (χ1n) is 6.94. The molecule has 3 aromatic rings. The number of rotatable bonds is 3. The van der Waals surface area contributed by atoms with Gasteiger partial charge in [-0.15, -0.1) is 0 Å². The average Bonchev–Trinajstić information content (AvgIpc) is 2.60. The molecule has 2 heterocycles. The Balaban J connectivity index is 2.24. The number of benzene rings is 1. The summed E-state index contributed by atoms with van der Waals surface area (Å²) in [7, 11) is 1.18. The Hall–Kier alpha value is -3.49. The largest absolute Gasteiger partial charge is 0.469 e. The number of hydrogen-bond acceptors (Lipinski definition) is 7. The number of hydrogen-bond donors (Lipinski definition) is 1. The second-order valence-corrected chi connectivity index (χ2v) is 4.93. The summed E-state index contributed by atoms with van der Waals surface area (Å²) in [6.45, 7) is 0. The number of carbonyl (C=O) groups excluding carboxylic acids is 1. The summed E-state index contributed by atoms with van der Waals surface area (Å²) in [4.78, 5) is 40.1. The number of aromatic nitrogens is 4. The van der Waals surface area contributed by atoms with Gasteiger partial charge in [-0.3, -0.25) is 14.4 Å². The van der Waals surface area contributed by atoms with Crippen molar-refractivity contribution in [3.05, 3.63) is 62.8 Å². The molecule has 0 aliphatic rings. The molecule has 0 amide bonds. The summed E-state index contributed by atoms with van der Waals surface area (Å²) >= 11 is 0. The highest BCUT2D eigenvalue weighted by Crippen LogP contribution is 2.14. The molecule has 122 valence electrons. The second-order valence-electron chi connectivity index (χ2n) is 4.93. The smallest absolute Gasteiger partial charge is 0.311 e. The number of methoxy groups -OCH3 is 1. The van der Waals surface area contributed by atoms with Gasteiger partial charge in [0.2, 0.25) is 0 Å². The molecule has 1 aromatic carbocycles. The Kier molecular flexibility index (Phi) is 3.82. The normalized spacial score (nSPS) is 10.7. The van der Waals surface area contributed by atoms with Crippen LogP contribution in [0.3, 0.4) is 0 Å². The number of ether oxygens (including phenoxy) is 1. The van der Waals surface area contributed by atoms with E-state index in [1.165, 1.54) is 13.2 Å². The van der Waals surface area contributed by atoms with E-state index < -0.39 is 23.5 Å². The van der Waals surface area contributed by atoms with E-state index in [2.05, 4.69) is 14.8 Å². The number of nitrogens with zero attached hydrogens (tertiary/aromatic N) is 4. The monoisotopic (exact) mass is 327 g/mol. The van der Waals surface area contributed by atoms with Crippen LogP contribution in [0.1, 0.15) is 5.69 Å². The molecule has 0 spiro atoms. The molecule has 3 rings (SSSR count). The zero-order chi connectivity index (χ0) is 17.3. The maximum absolute atomic E-state index is 12.3. The SMILES string of the molecule is COC(=O)Cc1nn2c(=O)cc(-c3ccccc3)nc2n(N)c1=O. The van der Waals surface area contributed by atoms with Crippen molar-refractivity contribution in [1.82, 2.24) is 19.3 Å². The Morgan fingerprint density at radius 1 is 1.25 bits per heavy atom. The summed E-state index contributed by atoms with van der Waals surface area (Å²) in [5.74, 6) is 4.95. The molecule has 0 aliphatic carbocycles. The minimum atomic E-state index is -0.725. The number of nitrogen functional groups attached to an aromatic ring is 1. The number of fused-ring (bicyclic) bond motifs is 1. The third-order valence-electron chi connectivity index (χ3n) is 3.39. The van der Waals surface area contributed by atoms with Crippen molar-refractivity contribution in [2.75, 3.05) is 13.0 Å². The van der Waals surface area contributed by atoms with E-state index in [4.69, 9.17) is 5.84 Å². The lowest BCUT2D eigenvalue weighted by atomic mass is 10.1. The lowest BCUT2D eigenvalue weighted by molar-refractivity contribution is -0.139. The first-order chi connectivity index (χ1) is 11.5. The molecule has 2 aromatic heterocycles. The van der Waals surface area contributed by atoms with E-state index in [0.717, 1.165) is 4.52 Å². The minimum Gasteiger partial charge on any atom is -0.469 e. The molecule has 0 unspecified atom stereocenters. The third kappa shape index (κ3) is 2.62. The van der Waals surface area contributed by atoms with Gasteiger partial charge in [0.05, 0.1) is 19.2 Å². The zero-order valence-electron chi connectivity index (χ0n) is 12.7. The minimum absolute atomic E-state index is 0.125. The fraction of sp³-hybridized carbons (Fsp3) is 0.133. The van der Waals surface area contributed by atoms with Gasteiger partial charge in [-0.2, -0.15) is 14.3 Å². The maximum Gasteiger partial charge on any atom is 0.311 e. The van der Waals surface area contributed by atoms with Gasteiger partial charge in [0, 0.05) is 11.6 Å². The molecule has 0 atom stereocenters. The molecule has 9 nitrogen and oxygen atoms in total. The van der Waals surface area contributed by atoms with Crippen LogP contribution in [0.5, 0.6) is 0 Å². The summed E-state index contributed by atoms with van der Waals surface area (Å²) in [5, 5.41) is 3.89. The van der Waals surface area contributed by atoms with Crippen molar-refractivity contribution >= 4 is 11.7 Å². The van der Waals surface area contributed by atoms with Crippen molar-refractivity contribution in [2.45, 2.75) is 6.42 Å². The van der Waals surface area contributed by atoms with Crippen LogP contribution in [0, 0.1) is 0 Å². The van der Waals surface area contributed by atoms with Crippen LogP contribution >= 0.6 is 0 Å². The highest BCUT2D eigenvalue weighted by atomic mass is 16.5. The average molecular weight is 327 g/mol. The molecular formula is C15H13N5O4.